The average Bonchev–Trinajstić information content (AvgIpc) is 2.53. The molecule has 13 heavy (non-hydrogen) atoms. The van der Waals surface area contributed by atoms with Gasteiger partial charge in [-0.25, -0.2) is 0 Å². The van der Waals surface area contributed by atoms with Crippen molar-refractivity contribution in [3.8, 4) is 0 Å². The summed E-state index contributed by atoms with van der Waals surface area (Å²) >= 11 is 0. The van der Waals surface area contributed by atoms with E-state index < -0.39 is 0 Å². The van der Waals surface area contributed by atoms with Gasteiger partial charge in [0, 0.05) is 26.0 Å². The van der Waals surface area contributed by atoms with Crippen molar-refractivity contribution in [2.45, 2.75) is 26.3 Å². The summed E-state index contributed by atoms with van der Waals surface area (Å²) in [5, 5.41) is 8.00. The van der Waals surface area contributed by atoms with E-state index in [9.17, 15) is 0 Å². The smallest absolute Gasteiger partial charge is 0.0796 e. The molecule has 0 amide bonds. The number of hydrogen-bond donors (Lipinski definition) is 0. The number of nitrogens with zero attached hydrogens (tertiary/aromatic N) is 3. The highest BCUT2D eigenvalue weighted by Gasteiger charge is 2.14. The van der Waals surface area contributed by atoms with Crippen LogP contribution in [-0.2, 0) is 11.3 Å². The zero-order chi connectivity index (χ0) is 9.10. The van der Waals surface area contributed by atoms with Gasteiger partial charge in [-0.15, -0.1) is 5.10 Å². The van der Waals surface area contributed by atoms with E-state index in [4.69, 9.17) is 4.74 Å². The lowest BCUT2D eigenvalue weighted by molar-refractivity contribution is 0.0600. The van der Waals surface area contributed by atoms with Gasteiger partial charge in [-0.3, -0.25) is 4.68 Å². The fourth-order valence-electron chi connectivity index (χ4n) is 1.68. The van der Waals surface area contributed by atoms with Crippen LogP contribution in [0.3, 0.4) is 0 Å². The second-order valence-corrected chi connectivity index (χ2v) is 3.64. The standard InChI is InChI=1S/C9H15N3O/c1-8-6-12(11-10-8)7-9-2-4-13-5-3-9/h6,9H,2-5,7H2,1H3. The molecule has 1 aliphatic rings. The third-order valence-electron chi connectivity index (χ3n) is 2.44. The summed E-state index contributed by atoms with van der Waals surface area (Å²) in [5.41, 5.74) is 0.993. The van der Waals surface area contributed by atoms with Crippen LogP contribution in [0.5, 0.6) is 0 Å². The monoisotopic (exact) mass is 181 g/mol. The molecule has 1 aliphatic heterocycles. The first-order valence-corrected chi connectivity index (χ1v) is 4.79. The summed E-state index contributed by atoms with van der Waals surface area (Å²) in [4.78, 5) is 0. The minimum absolute atomic E-state index is 0.717. The van der Waals surface area contributed by atoms with Crippen LogP contribution in [0.1, 0.15) is 18.5 Å². The number of hydrogen-bond acceptors (Lipinski definition) is 3. The summed E-state index contributed by atoms with van der Waals surface area (Å²) in [6, 6.07) is 0. The van der Waals surface area contributed by atoms with Crippen LogP contribution in [0.15, 0.2) is 6.20 Å². The topological polar surface area (TPSA) is 39.9 Å². The average molecular weight is 181 g/mol. The second-order valence-electron chi connectivity index (χ2n) is 3.64. The highest BCUT2D eigenvalue weighted by Crippen LogP contribution is 2.16. The van der Waals surface area contributed by atoms with Gasteiger partial charge in [0.1, 0.15) is 0 Å². The molecule has 0 N–H and O–H groups in total. The van der Waals surface area contributed by atoms with E-state index in [1.807, 2.05) is 17.8 Å². The number of aromatic nitrogens is 3. The van der Waals surface area contributed by atoms with Crippen molar-refractivity contribution in [1.29, 1.82) is 0 Å². The Morgan fingerprint density at radius 2 is 2.31 bits per heavy atom. The molecule has 1 aromatic heterocycles. The second kappa shape index (κ2) is 3.87. The first kappa shape index (κ1) is 8.69. The van der Waals surface area contributed by atoms with Gasteiger partial charge in [0.2, 0.25) is 0 Å². The Bertz CT molecular complexity index is 266. The Labute approximate surface area is 77.9 Å². The van der Waals surface area contributed by atoms with Gasteiger partial charge in [-0.05, 0) is 25.7 Å². The Morgan fingerprint density at radius 1 is 1.54 bits per heavy atom. The maximum absolute atomic E-state index is 5.30. The van der Waals surface area contributed by atoms with Crippen molar-refractivity contribution in [3.05, 3.63) is 11.9 Å². The highest BCUT2D eigenvalue weighted by molar-refractivity contribution is 4.86. The number of rotatable bonds is 2. The molecule has 1 aromatic rings. The fraction of sp³-hybridized carbons (Fsp3) is 0.778. The lowest BCUT2D eigenvalue weighted by Crippen LogP contribution is -2.20. The SMILES string of the molecule is Cc1cn(CC2CCOCC2)nn1. The van der Waals surface area contributed by atoms with Crippen LogP contribution in [0, 0.1) is 12.8 Å². The summed E-state index contributed by atoms with van der Waals surface area (Å²) in [7, 11) is 0. The molecule has 4 nitrogen and oxygen atoms in total. The first-order valence-electron chi connectivity index (χ1n) is 4.79. The number of aryl methyl sites for hydroxylation is 1. The maximum atomic E-state index is 5.30. The fourth-order valence-corrected chi connectivity index (χ4v) is 1.68. The zero-order valence-electron chi connectivity index (χ0n) is 7.94. The Hall–Kier alpha value is -0.900. The van der Waals surface area contributed by atoms with Crippen LogP contribution < -0.4 is 0 Å². The summed E-state index contributed by atoms with van der Waals surface area (Å²) in [6.45, 7) is 4.76. The van der Waals surface area contributed by atoms with Crippen molar-refractivity contribution in [3.63, 3.8) is 0 Å². The molecule has 4 heteroatoms. The molecule has 0 atom stereocenters. The normalized spacial score (nSPS) is 19.2. The molecule has 72 valence electrons. The van der Waals surface area contributed by atoms with Crippen LogP contribution >= 0.6 is 0 Å². The summed E-state index contributed by atoms with van der Waals surface area (Å²) < 4.78 is 7.23. The molecule has 0 spiro atoms. The summed E-state index contributed by atoms with van der Waals surface area (Å²) in [6.07, 6.45) is 4.30. The van der Waals surface area contributed by atoms with Gasteiger partial charge in [-0.1, -0.05) is 5.21 Å². The zero-order valence-corrected chi connectivity index (χ0v) is 7.94. The van der Waals surface area contributed by atoms with Crippen LogP contribution in [0.2, 0.25) is 0 Å². The molecule has 0 aromatic carbocycles. The van der Waals surface area contributed by atoms with Crippen LogP contribution in [-0.4, -0.2) is 28.2 Å². The molecule has 0 aliphatic carbocycles. The van der Waals surface area contributed by atoms with Crippen molar-refractivity contribution < 1.29 is 4.74 Å². The van der Waals surface area contributed by atoms with Crippen molar-refractivity contribution in [2.24, 2.45) is 5.92 Å². The molecule has 0 saturated carbocycles. The number of ether oxygens (including phenoxy) is 1. The lowest BCUT2D eigenvalue weighted by atomic mass is 10.0. The Kier molecular flexibility index (Phi) is 2.59. The third kappa shape index (κ3) is 2.28. The molecule has 0 unspecified atom stereocenters. The van der Waals surface area contributed by atoms with E-state index >= 15 is 0 Å². The molecule has 0 bridgehead atoms. The predicted molar refractivity (Wildman–Crippen MR) is 48.3 cm³/mol. The van der Waals surface area contributed by atoms with Gasteiger partial charge < -0.3 is 4.74 Å². The Morgan fingerprint density at radius 3 is 2.92 bits per heavy atom. The minimum Gasteiger partial charge on any atom is -0.381 e. The van der Waals surface area contributed by atoms with Crippen molar-refractivity contribution in [2.75, 3.05) is 13.2 Å². The van der Waals surface area contributed by atoms with Crippen molar-refractivity contribution >= 4 is 0 Å². The van der Waals surface area contributed by atoms with Gasteiger partial charge >= 0.3 is 0 Å². The quantitative estimate of drug-likeness (QED) is 0.683. The molecular formula is C9H15N3O. The molecule has 0 radical (unpaired) electrons. The van der Waals surface area contributed by atoms with Gasteiger partial charge in [-0.2, -0.15) is 0 Å². The predicted octanol–water partition coefficient (Wildman–Crippen LogP) is 1.01. The van der Waals surface area contributed by atoms with Gasteiger partial charge in [0.05, 0.1) is 5.69 Å². The third-order valence-corrected chi connectivity index (χ3v) is 2.44. The molecule has 1 saturated heterocycles. The van der Waals surface area contributed by atoms with E-state index in [1.54, 1.807) is 0 Å². The van der Waals surface area contributed by atoms with E-state index in [0.717, 1.165) is 44.2 Å². The molecular weight excluding hydrogens is 166 g/mol. The first-order chi connectivity index (χ1) is 6.34. The lowest BCUT2D eigenvalue weighted by Gasteiger charge is -2.21. The van der Waals surface area contributed by atoms with Crippen LogP contribution in [0.25, 0.3) is 0 Å². The van der Waals surface area contributed by atoms with E-state index in [-0.39, 0.29) is 0 Å². The van der Waals surface area contributed by atoms with E-state index in [2.05, 4.69) is 10.3 Å². The van der Waals surface area contributed by atoms with Gasteiger partial charge in [0.25, 0.3) is 0 Å². The maximum Gasteiger partial charge on any atom is 0.0796 e. The molecule has 2 rings (SSSR count). The summed E-state index contributed by atoms with van der Waals surface area (Å²) in [5.74, 6) is 0.717. The van der Waals surface area contributed by atoms with Crippen molar-refractivity contribution in [1.82, 2.24) is 15.0 Å². The Balaban J connectivity index is 1.89. The van der Waals surface area contributed by atoms with Crippen LogP contribution in [0.4, 0.5) is 0 Å². The van der Waals surface area contributed by atoms with Gasteiger partial charge in [0.15, 0.2) is 0 Å². The highest BCUT2D eigenvalue weighted by atomic mass is 16.5. The molecule has 2 heterocycles. The molecule has 1 fully saturated rings. The van der Waals surface area contributed by atoms with E-state index in [0.29, 0.717) is 0 Å². The minimum atomic E-state index is 0.717. The largest absolute Gasteiger partial charge is 0.381 e. The van der Waals surface area contributed by atoms with E-state index in [1.165, 1.54) is 0 Å².